The smallest absolute Gasteiger partial charge is 0.399 e. The Morgan fingerprint density at radius 3 is 2.50 bits per heavy atom. The monoisotopic (exact) mass is 263 g/mol. The van der Waals surface area contributed by atoms with Gasteiger partial charge in [0.05, 0.1) is 5.56 Å². The van der Waals surface area contributed by atoms with Crippen LogP contribution >= 0.6 is 0 Å². The van der Waals surface area contributed by atoms with Gasteiger partial charge in [-0.2, -0.15) is 13.2 Å². The summed E-state index contributed by atoms with van der Waals surface area (Å²) < 4.78 is 44.6. The summed E-state index contributed by atoms with van der Waals surface area (Å²) in [5, 5.41) is 0. The fourth-order valence-corrected chi connectivity index (χ4v) is 0.870. The fourth-order valence-electron chi connectivity index (χ4n) is 0.870. The third kappa shape index (κ3) is 3.54. The van der Waals surface area contributed by atoms with E-state index in [9.17, 15) is 27.6 Å². The highest BCUT2D eigenvalue weighted by atomic mass is 19.4. The normalized spacial score (nSPS) is 10.6. The van der Waals surface area contributed by atoms with Crippen molar-refractivity contribution >= 4 is 18.4 Å². The minimum Gasteiger partial charge on any atom is -0.399 e. The second kappa shape index (κ2) is 5.25. The summed E-state index contributed by atoms with van der Waals surface area (Å²) in [6.45, 7) is -0.316. The van der Waals surface area contributed by atoms with Gasteiger partial charge in [-0.05, 0) is 6.07 Å². The number of ether oxygens (including phenoxy) is 2. The summed E-state index contributed by atoms with van der Waals surface area (Å²) >= 11 is 0. The summed E-state index contributed by atoms with van der Waals surface area (Å²) in [6.07, 6.45) is -3.90. The van der Waals surface area contributed by atoms with E-state index in [4.69, 9.17) is 0 Å². The number of carbonyl (C=O) groups excluding carboxylic acids is 3. The van der Waals surface area contributed by atoms with Crippen LogP contribution in [-0.2, 0) is 25.3 Å². The molecule has 1 aromatic heterocycles. The van der Waals surface area contributed by atoms with Crippen LogP contribution in [0.5, 0.6) is 5.88 Å². The molecule has 0 saturated carbocycles. The first-order valence-electron chi connectivity index (χ1n) is 4.24. The van der Waals surface area contributed by atoms with Gasteiger partial charge in [0.1, 0.15) is 0 Å². The molecule has 0 aliphatic rings. The molecule has 0 atom stereocenters. The van der Waals surface area contributed by atoms with E-state index < -0.39 is 29.6 Å². The first-order valence-corrected chi connectivity index (χ1v) is 4.24. The number of esters is 2. The second-order valence-corrected chi connectivity index (χ2v) is 2.77. The highest BCUT2D eigenvalue weighted by Crippen LogP contribution is 2.30. The van der Waals surface area contributed by atoms with Gasteiger partial charge < -0.3 is 9.47 Å². The van der Waals surface area contributed by atoms with Crippen molar-refractivity contribution in [3.63, 3.8) is 0 Å². The molecule has 96 valence electrons. The number of aromatic nitrogens is 1. The average Bonchev–Trinajstić information content (AvgIpc) is 2.28. The lowest BCUT2D eigenvalue weighted by Gasteiger charge is -2.07. The van der Waals surface area contributed by atoms with Crippen molar-refractivity contribution in [1.29, 1.82) is 0 Å². The van der Waals surface area contributed by atoms with Gasteiger partial charge >= 0.3 is 24.6 Å². The highest BCUT2D eigenvalue weighted by Gasteiger charge is 2.31. The molecule has 0 fully saturated rings. The molecule has 0 radical (unpaired) electrons. The quantitative estimate of drug-likeness (QED) is 0.338. The first kappa shape index (κ1) is 13.6. The van der Waals surface area contributed by atoms with Crippen LogP contribution in [-0.4, -0.2) is 23.4 Å². The molecule has 0 bridgehead atoms. The molecule has 1 heterocycles. The number of carbonyl (C=O) groups is 3. The predicted molar refractivity (Wildman–Crippen MR) is 47.0 cm³/mol. The number of rotatable bonds is 2. The van der Waals surface area contributed by atoms with Crippen LogP contribution in [0, 0.1) is 0 Å². The van der Waals surface area contributed by atoms with E-state index in [0.717, 1.165) is 6.20 Å². The molecular formula is C9H4F3NO5. The van der Waals surface area contributed by atoms with Crippen LogP contribution in [0.25, 0.3) is 0 Å². The SMILES string of the molecule is O=COC(=O)C(=O)Oc1cc(C(F)(F)F)ccn1. The Labute approximate surface area is 97.3 Å². The van der Waals surface area contributed by atoms with Crippen LogP contribution in [0.1, 0.15) is 5.56 Å². The predicted octanol–water partition coefficient (Wildman–Crippen LogP) is 0.705. The van der Waals surface area contributed by atoms with Gasteiger partial charge in [-0.1, -0.05) is 0 Å². The zero-order valence-electron chi connectivity index (χ0n) is 8.43. The average molecular weight is 263 g/mol. The van der Waals surface area contributed by atoms with Crippen LogP contribution in [0.3, 0.4) is 0 Å². The molecule has 0 saturated heterocycles. The standard InChI is InChI=1S/C9H4F3NO5/c10-9(11,12)5-1-2-13-6(3-5)18-8(16)7(15)17-4-14/h1-4H. The van der Waals surface area contributed by atoms with Crippen molar-refractivity contribution < 1.29 is 37.0 Å². The van der Waals surface area contributed by atoms with Crippen LogP contribution in [0.4, 0.5) is 13.2 Å². The maximum atomic E-state index is 12.3. The van der Waals surface area contributed by atoms with E-state index in [1.807, 2.05) is 0 Å². The minimum absolute atomic E-state index is 0.316. The maximum absolute atomic E-state index is 12.3. The van der Waals surface area contributed by atoms with Gasteiger partial charge in [0, 0.05) is 12.3 Å². The third-order valence-corrected chi connectivity index (χ3v) is 1.58. The number of hydrogen-bond acceptors (Lipinski definition) is 6. The van der Waals surface area contributed by atoms with Gasteiger partial charge in [0.2, 0.25) is 5.88 Å². The summed E-state index contributed by atoms with van der Waals surface area (Å²) in [5.41, 5.74) is -1.11. The van der Waals surface area contributed by atoms with E-state index in [1.165, 1.54) is 0 Å². The number of nitrogens with zero attached hydrogens (tertiary/aromatic N) is 1. The largest absolute Gasteiger partial charge is 0.425 e. The maximum Gasteiger partial charge on any atom is 0.425 e. The van der Waals surface area contributed by atoms with Crippen LogP contribution < -0.4 is 4.74 Å². The fraction of sp³-hybridized carbons (Fsp3) is 0.111. The zero-order valence-corrected chi connectivity index (χ0v) is 8.43. The summed E-state index contributed by atoms with van der Waals surface area (Å²) in [5.74, 6) is -4.06. The van der Waals surface area contributed by atoms with E-state index >= 15 is 0 Å². The molecule has 1 aromatic rings. The third-order valence-electron chi connectivity index (χ3n) is 1.58. The van der Waals surface area contributed by atoms with Crippen molar-refractivity contribution in [3.8, 4) is 5.88 Å². The van der Waals surface area contributed by atoms with Crippen LogP contribution in [0.15, 0.2) is 18.3 Å². The Balaban J connectivity index is 2.83. The Kier molecular flexibility index (Phi) is 3.97. The van der Waals surface area contributed by atoms with E-state index in [-0.39, 0.29) is 6.47 Å². The number of hydrogen-bond donors (Lipinski definition) is 0. The summed E-state index contributed by atoms with van der Waals surface area (Å²) in [7, 11) is 0. The molecule has 0 unspecified atom stereocenters. The number of pyridine rings is 1. The Hall–Kier alpha value is -2.45. The van der Waals surface area contributed by atoms with Crippen molar-refractivity contribution in [2.24, 2.45) is 0 Å². The van der Waals surface area contributed by atoms with Crippen molar-refractivity contribution in [1.82, 2.24) is 4.98 Å². The molecular weight excluding hydrogens is 259 g/mol. The van der Waals surface area contributed by atoms with Gasteiger partial charge in [0.15, 0.2) is 0 Å². The second-order valence-electron chi connectivity index (χ2n) is 2.77. The van der Waals surface area contributed by atoms with Crippen molar-refractivity contribution in [2.45, 2.75) is 6.18 Å². The molecule has 0 N–H and O–H groups in total. The molecule has 0 spiro atoms. The van der Waals surface area contributed by atoms with Gasteiger partial charge in [0.25, 0.3) is 0 Å². The Bertz CT molecular complexity index is 485. The number of alkyl halides is 3. The number of halogens is 3. The lowest BCUT2D eigenvalue weighted by molar-refractivity contribution is -0.164. The molecule has 18 heavy (non-hydrogen) atoms. The van der Waals surface area contributed by atoms with Crippen molar-refractivity contribution in [2.75, 3.05) is 0 Å². The van der Waals surface area contributed by atoms with Gasteiger partial charge in [-0.15, -0.1) is 0 Å². The lowest BCUT2D eigenvalue weighted by Crippen LogP contribution is -2.23. The first-order chi connectivity index (χ1) is 8.34. The van der Waals surface area contributed by atoms with E-state index in [0.29, 0.717) is 12.1 Å². The van der Waals surface area contributed by atoms with Gasteiger partial charge in [-0.25, -0.2) is 14.6 Å². The highest BCUT2D eigenvalue weighted by molar-refractivity contribution is 6.31. The topological polar surface area (TPSA) is 82.6 Å². The lowest BCUT2D eigenvalue weighted by atomic mass is 10.2. The van der Waals surface area contributed by atoms with E-state index in [2.05, 4.69) is 14.5 Å². The minimum atomic E-state index is -4.65. The zero-order chi connectivity index (χ0) is 13.8. The Morgan fingerprint density at radius 2 is 1.94 bits per heavy atom. The molecule has 0 aromatic carbocycles. The summed E-state index contributed by atoms with van der Waals surface area (Å²) in [4.78, 5) is 34.6. The molecule has 0 aliphatic carbocycles. The molecule has 1 rings (SSSR count). The van der Waals surface area contributed by atoms with E-state index in [1.54, 1.807) is 0 Å². The summed E-state index contributed by atoms with van der Waals surface area (Å²) in [6, 6.07) is 1.08. The molecule has 0 amide bonds. The van der Waals surface area contributed by atoms with Crippen molar-refractivity contribution in [3.05, 3.63) is 23.9 Å². The van der Waals surface area contributed by atoms with Crippen LogP contribution in [0.2, 0.25) is 0 Å². The molecule has 0 aliphatic heterocycles. The van der Waals surface area contributed by atoms with Gasteiger partial charge in [-0.3, -0.25) is 4.79 Å². The molecule has 9 heteroatoms. The molecule has 6 nitrogen and oxygen atoms in total. The Morgan fingerprint density at radius 1 is 1.28 bits per heavy atom.